The van der Waals surface area contributed by atoms with Crippen molar-refractivity contribution in [2.45, 2.75) is 33.2 Å². The minimum Gasteiger partial charge on any atom is -0.493 e. The van der Waals surface area contributed by atoms with Crippen LogP contribution in [0.25, 0.3) is 0 Å². The highest BCUT2D eigenvalue weighted by Gasteiger charge is 2.18. The fourth-order valence-corrected chi connectivity index (χ4v) is 2.37. The number of nitriles is 1. The lowest BCUT2D eigenvalue weighted by atomic mass is 10.1. The predicted molar refractivity (Wildman–Crippen MR) is 95.3 cm³/mol. The molecule has 2 rings (SSSR count). The van der Waals surface area contributed by atoms with Gasteiger partial charge in [-0.2, -0.15) is 5.26 Å². The summed E-state index contributed by atoms with van der Waals surface area (Å²) in [5, 5.41) is 27.9. The molecule has 0 amide bonds. The maximum absolute atomic E-state index is 12.4. The highest BCUT2D eigenvalue weighted by Crippen LogP contribution is 2.32. The molecule has 0 bridgehead atoms. The van der Waals surface area contributed by atoms with Gasteiger partial charge in [-0.05, 0) is 25.5 Å². The molecular formula is C19H18N4O2. The second-order valence-electron chi connectivity index (χ2n) is 5.46. The SMILES string of the molecule is C#Cc1ccccc1/N=N/c1c(C)c(C#N)c(=O)n(CCCC)c1O. The average Bonchev–Trinajstić information content (AvgIpc) is 2.62. The largest absolute Gasteiger partial charge is 0.493 e. The van der Waals surface area contributed by atoms with E-state index in [4.69, 9.17) is 6.42 Å². The number of nitrogens with zero attached hydrogens (tertiary/aromatic N) is 4. The van der Waals surface area contributed by atoms with Crippen molar-refractivity contribution < 1.29 is 5.11 Å². The van der Waals surface area contributed by atoms with Gasteiger partial charge in [0.25, 0.3) is 5.56 Å². The maximum atomic E-state index is 12.4. The lowest BCUT2D eigenvalue weighted by Crippen LogP contribution is -2.23. The van der Waals surface area contributed by atoms with E-state index >= 15 is 0 Å². The van der Waals surface area contributed by atoms with E-state index in [-0.39, 0.29) is 17.1 Å². The Morgan fingerprint density at radius 2 is 2.04 bits per heavy atom. The highest BCUT2D eigenvalue weighted by molar-refractivity contribution is 5.60. The predicted octanol–water partition coefficient (Wildman–Crippen LogP) is 3.93. The monoisotopic (exact) mass is 334 g/mol. The summed E-state index contributed by atoms with van der Waals surface area (Å²) in [5.41, 5.74) is 0.845. The third kappa shape index (κ3) is 3.59. The Hall–Kier alpha value is -3.38. The van der Waals surface area contributed by atoms with E-state index in [9.17, 15) is 15.2 Å². The summed E-state index contributed by atoms with van der Waals surface area (Å²) >= 11 is 0. The van der Waals surface area contributed by atoms with E-state index in [1.807, 2.05) is 13.0 Å². The van der Waals surface area contributed by atoms with Crippen molar-refractivity contribution >= 4 is 11.4 Å². The van der Waals surface area contributed by atoms with Crippen molar-refractivity contribution in [1.82, 2.24) is 4.57 Å². The van der Waals surface area contributed by atoms with E-state index in [2.05, 4.69) is 16.1 Å². The van der Waals surface area contributed by atoms with Crippen molar-refractivity contribution in [3.63, 3.8) is 0 Å². The number of aromatic hydroxyl groups is 1. The smallest absolute Gasteiger partial charge is 0.271 e. The number of unbranched alkanes of at least 4 members (excludes halogenated alkanes) is 1. The van der Waals surface area contributed by atoms with Crippen molar-refractivity contribution in [2.24, 2.45) is 10.2 Å². The van der Waals surface area contributed by atoms with Crippen LogP contribution in [0.1, 0.15) is 36.5 Å². The summed E-state index contributed by atoms with van der Waals surface area (Å²) in [6.07, 6.45) is 6.97. The second-order valence-corrected chi connectivity index (χ2v) is 5.46. The van der Waals surface area contributed by atoms with Crippen LogP contribution >= 0.6 is 0 Å². The van der Waals surface area contributed by atoms with Crippen LogP contribution in [-0.2, 0) is 6.54 Å². The van der Waals surface area contributed by atoms with Gasteiger partial charge >= 0.3 is 0 Å². The van der Waals surface area contributed by atoms with Crippen LogP contribution in [0.5, 0.6) is 5.88 Å². The molecular weight excluding hydrogens is 316 g/mol. The van der Waals surface area contributed by atoms with E-state index in [0.29, 0.717) is 29.8 Å². The Balaban J connectivity index is 2.61. The van der Waals surface area contributed by atoms with Gasteiger partial charge in [0.2, 0.25) is 5.88 Å². The Labute approximate surface area is 146 Å². The molecule has 0 radical (unpaired) electrons. The zero-order valence-corrected chi connectivity index (χ0v) is 14.2. The van der Waals surface area contributed by atoms with Crippen molar-refractivity contribution in [2.75, 3.05) is 0 Å². The molecule has 1 N–H and O–H groups in total. The zero-order valence-electron chi connectivity index (χ0n) is 14.2. The van der Waals surface area contributed by atoms with Crippen LogP contribution < -0.4 is 5.56 Å². The fraction of sp³-hybridized carbons (Fsp3) is 0.263. The number of aromatic nitrogens is 1. The van der Waals surface area contributed by atoms with Gasteiger partial charge in [-0.15, -0.1) is 16.7 Å². The van der Waals surface area contributed by atoms with Crippen LogP contribution in [0.2, 0.25) is 0 Å². The summed E-state index contributed by atoms with van der Waals surface area (Å²) in [6.45, 7) is 3.84. The van der Waals surface area contributed by atoms with Gasteiger partial charge in [-0.25, -0.2) is 0 Å². The first-order chi connectivity index (χ1) is 12.0. The first kappa shape index (κ1) is 18.0. The van der Waals surface area contributed by atoms with E-state index in [1.54, 1.807) is 31.2 Å². The summed E-state index contributed by atoms with van der Waals surface area (Å²) in [6, 6.07) is 8.87. The molecule has 2 aromatic rings. The topological polar surface area (TPSA) is 90.7 Å². The van der Waals surface area contributed by atoms with Gasteiger partial charge in [0, 0.05) is 12.1 Å². The molecule has 0 spiro atoms. The molecule has 0 aliphatic carbocycles. The molecule has 0 atom stereocenters. The number of hydrogen-bond donors (Lipinski definition) is 1. The number of terminal acetylenes is 1. The molecule has 6 nitrogen and oxygen atoms in total. The van der Waals surface area contributed by atoms with Crippen LogP contribution in [0.4, 0.5) is 11.4 Å². The molecule has 0 saturated carbocycles. The van der Waals surface area contributed by atoms with Gasteiger partial charge in [0.1, 0.15) is 17.3 Å². The molecule has 25 heavy (non-hydrogen) atoms. The van der Waals surface area contributed by atoms with Crippen LogP contribution in [-0.4, -0.2) is 9.67 Å². The zero-order chi connectivity index (χ0) is 18.4. The van der Waals surface area contributed by atoms with Crippen LogP contribution in [0.3, 0.4) is 0 Å². The fourth-order valence-electron chi connectivity index (χ4n) is 2.37. The standard InChI is InChI=1S/C19H18N4O2/c1-4-6-11-23-18(24)15(12-20)13(3)17(19(23)25)22-21-16-10-8-7-9-14(16)5-2/h2,7-10,25H,4,6,11H2,1,3H3/b22-21+. The van der Waals surface area contributed by atoms with Gasteiger partial charge in [-0.1, -0.05) is 31.4 Å². The Morgan fingerprint density at radius 3 is 2.68 bits per heavy atom. The Kier molecular flexibility index (Phi) is 5.71. The van der Waals surface area contributed by atoms with Crippen molar-refractivity contribution in [3.05, 3.63) is 51.3 Å². The number of rotatable bonds is 5. The van der Waals surface area contributed by atoms with E-state index < -0.39 is 5.56 Å². The summed E-state index contributed by atoms with van der Waals surface area (Å²) in [5.74, 6) is 2.21. The molecule has 1 heterocycles. The first-order valence-electron chi connectivity index (χ1n) is 7.89. The molecule has 6 heteroatoms. The molecule has 0 aliphatic heterocycles. The number of benzene rings is 1. The number of pyridine rings is 1. The summed E-state index contributed by atoms with van der Waals surface area (Å²) < 4.78 is 1.16. The molecule has 0 unspecified atom stereocenters. The molecule has 1 aromatic carbocycles. The third-order valence-corrected chi connectivity index (χ3v) is 3.82. The Bertz CT molecular complexity index is 959. The lowest BCUT2D eigenvalue weighted by molar-refractivity contribution is 0.402. The quantitative estimate of drug-likeness (QED) is 0.663. The minimum absolute atomic E-state index is 0.0481. The number of hydrogen-bond acceptors (Lipinski definition) is 5. The second kappa shape index (κ2) is 7.94. The first-order valence-corrected chi connectivity index (χ1v) is 7.89. The minimum atomic E-state index is -0.520. The normalized spacial score (nSPS) is 10.6. The van der Waals surface area contributed by atoms with Gasteiger partial charge in [0.05, 0.1) is 5.56 Å². The van der Waals surface area contributed by atoms with Crippen molar-refractivity contribution in [1.29, 1.82) is 5.26 Å². The van der Waals surface area contributed by atoms with Gasteiger partial charge in [-0.3, -0.25) is 9.36 Å². The molecule has 1 aromatic heterocycles. The van der Waals surface area contributed by atoms with Crippen LogP contribution in [0, 0.1) is 30.6 Å². The maximum Gasteiger partial charge on any atom is 0.271 e. The van der Waals surface area contributed by atoms with Crippen LogP contribution in [0.15, 0.2) is 39.3 Å². The lowest BCUT2D eigenvalue weighted by Gasteiger charge is -2.12. The highest BCUT2D eigenvalue weighted by atomic mass is 16.3. The Morgan fingerprint density at radius 1 is 1.32 bits per heavy atom. The van der Waals surface area contributed by atoms with Crippen molar-refractivity contribution in [3.8, 4) is 24.3 Å². The molecule has 0 saturated heterocycles. The summed E-state index contributed by atoms with van der Waals surface area (Å²) in [4.78, 5) is 12.4. The average molecular weight is 334 g/mol. The molecule has 0 fully saturated rings. The number of azo groups is 1. The van der Waals surface area contributed by atoms with E-state index in [1.165, 1.54) is 0 Å². The molecule has 0 aliphatic rings. The third-order valence-electron chi connectivity index (χ3n) is 3.82. The van der Waals surface area contributed by atoms with Gasteiger partial charge < -0.3 is 5.11 Å². The van der Waals surface area contributed by atoms with E-state index in [0.717, 1.165) is 11.0 Å². The summed E-state index contributed by atoms with van der Waals surface area (Å²) in [7, 11) is 0. The van der Waals surface area contributed by atoms with Gasteiger partial charge in [0.15, 0.2) is 5.69 Å². The molecule has 126 valence electrons.